The number of hydrogen-bond acceptors (Lipinski definition) is 4. The zero-order valence-electron chi connectivity index (χ0n) is 10.6. The third kappa shape index (κ3) is 3.43. The molecule has 0 amide bonds. The van der Waals surface area contributed by atoms with E-state index in [1.807, 2.05) is 31.2 Å². The Morgan fingerprint density at radius 1 is 1.42 bits per heavy atom. The molecule has 1 aromatic carbocycles. The minimum atomic E-state index is 0.0267. The molecule has 2 aromatic rings. The Kier molecular flexibility index (Phi) is 4.72. The fraction of sp³-hybridized carbons (Fsp3) is 0.286. The first kappa shape index (κ1) is 13.8. The van der Waals surface area contributed by atoms with Crippen LogP contribution in [0.15, 0.2) is 33.2 Å². The average molecular weight is 320 g/mol. The number of terminal acetylenes is 1. The largest absolute Gasteiger partial charge is 0.419 e. The first-order valence-electron chi connectivity index (χ1n) is 6.01. The maximum absolute atomic E-state index is 5.61. The van der Waals surface area contributed by atoms with Crippen LogP contribution in [0, 0.1) is 12.3 Å². The van der Waals surface area contributed by atoms with Gasteiger partial charge in [-0.1, -0.05) is 25.0 Å². The van der Waals surface area contributed by atoms with Crippen molar-refractivity contribution in [1.29, 1.82) is 0 Å². The van der Waals surface area contributed by atoms with E-state index in [-0.39, 0.29) is 6.04 Å². The van der Waals surface area contributed by atoms with Crippen molar-refractivity contribution >= 4 is 15.9 Å². The molecule has 0 spiro atoms. The van der Waals surface area contributed by atoms with E-state index in [9.17, 15) is 0 Å². The van der Waals surface area contributed by atoms with Gasteiger partial charge in [-0.05, 0) is 34.5 Å². The van der Waals surface area contributed by atoms with Crippen molar-refractivity contribution in [3.8, 4) is 23.8 Å². The molecule has 0 aliphatic rings. The van der Waals surface area contributed by atoms with Gasteiger partial charge in [-0.15, -0.1) is 16.6 Å². The molecule has 0 saturated carbocycles. The number of rotatable bonds is 5. The predicted molar refractivity (Wildman–Crippen MR) is 77.2 cm³/mol. The predicted octanol–water partition coefficient (Wildman–Crippen LogP) is 3.00. The van der Waals surface area contributed by atoms with E-state index in [4.69, 9.17) is 10.8 Å². The lowest BCUT2D eigenvalue weighted by Gasteiger charge is -2.07. The molecule has 0 saturated heterocycles. The van der Waals surface area contributed by atoms with Crippen LogP contribution in [-0.4, -0.2) is 16.2 Å². The van der Waals surface area contributed by atoms with E-state index in [0.29, 0.717) is 18.3 Å². The molecule has 1 heterocycles. The van der Waals surface area contributed by atoms with Crippen molar-refractivity contribution in [3.05, 3.63) is 34.6 Å². The van der Waals surface area contributed by atoms with Crippen LogP contribution in [-0.2, 0) is 6.54 Å². The van der Waals surface area contributed by atoms with Gasteiger partial charge in [0.25, 0.3) is 0 Å². The van der Waals surface area contributed by atoms with Gasteiger partial charge in [0.05, 0.1) is 18.2 Å². The Hall–Kier alpha value is -1.64. The van der Waals surface area contributed by atoms with E-state index < -0.39 is 0 Å². The summed E-state index contributed by atoms with van der Waals surface area (Å²) in [6.07, 6.45) is 6.24. The molecule has 1 unspecified atom stereocenters. The Balaban J connectivity index is 2.08. The van der Waals surface area contributed by atoms with Crippen molar-refractivity contribution in [2.75, 3.05) is 0 Å². The molecule has 0 aliphatic carbocycles. The molecular formula is C14H14BrN3O. The smallest absolute Gasteiger partial charge is 0.248 e. The van der Waals surface area contributed by atoms with Crippen LogP contribution in [0.5, 0.6) is 0 Å². The number of benzene rings is 1. The second-order valence-corrected chi connectivity index (χ2v) is 4.84. The summed E-state index contributed by atoms with van der Waals surface area (Å²) >= 11 is 3.46. The normalized spacial score (nSPS) is 12.1. The third-order valence-corrected chi connectivity index (χ3v) is 3.37. The topological polar surface area (TPSA) is 51.0 Å². The van der Waals surface area contributed by atoms with Gasteiger partial charge in [0.2, 0.25) is 11.8 Å². The fourth-order valence-electron chi connectivity index (χ4n) is 1.60. The molecule has 1 N–H and O–H groups in total. The quantitative estimate of drug-likeness (QED) is 0.861. The molecule has 1 aromatic heterocycles. The summed E-state index contributed by atoms with van der Waals surface area (Å²) in [5, 5.41) is 11.2. The van der Waals surface area contributed by atoms with Crippen LogP contribution in [0.4, 0.5) is 0 Å². The van der Waals surface area contributed by atoms with E-state index >= 15 is 0 Å². The van der Waals surface area contributed by atoms with Crippen LogP contribution in [0.2, 0.25) is 0 Å². The molecule has 5 heteroatoms. The Morgan fingerprint density at radius 2 is 2.21 bits per heavy atom. The van der Waals surface area contributed by atoms with E-state index in [0.717, 1.165) is 16.5 Å². The van der Waals surface area contributed by atoms with Gasteiger partial charge in [0.15, 0.2) is 0 Å². The molecule has 98 valence electrons. The number of hydrogen-bond donors (Lipinski definition) is 1. The Labute approximate surface area is 120 Å². The van der Waals surface area contributed by atoms with Gasteiger partial charge in [-0.2, -0.15) is 0 Å². The van der Waals surface area contributed by atoms with Crippen molar-refractivity contribution in [2.24, 2.45) is 0 Å². The highest BCUT2D eigenvalue weighted by Gasteiger charge is 2.11. The fourth-order valence-corrected chi connectivity index (χ4v) is 2.05. The summed E-state index contributed by atoms with van der Waals surface area (Å²) in [7, 11) is 0. The minimum Gasteiger partial charge on any atom is -0.419 e. The summed E-state index contributed by atoms with van der Waals surface area (Å²) in [5.74, 6) is 3.69. The molecule has 0 bridgehead atoms. The average Bonchev–Trinajstić information content (AvgIpc) is 2.89. The van der Waals surface area contributed by atoms with Crippen molar-refractivity contribution in [1.82, 2.24) is 15.5 Å². The van der Waals surface area contributed by atoms with Gasteiger partial charge in [0, 0.05) is 4.47 Å². The van der Waals surface area contributed by atoms with E-state index in [1.54, 1.807) is 0 Å². The molecular weight excluding hydrogens is 306 g/mol. The van der Waals surface area contributed by atoms with Crippen molar-refractivity contribution in [2.45, 2.75) is 25.9 Å². The molecule has 1 atom stereocenters. The standard InChI is InChI=1S/C14H14BrN3O/c1-3-10(4-2)16-9-13-17-18-14(19-13)11-7-5-6-8-12(11)15/h1,5-8,10,16H,4,9H2,2H3. The minimum absolute atomic E-state index is 0.0267. The SMILES string of the molecule is C#CC(CC)NCc1nnc(-c2ccccc2Br)o1. The molecule has 4 nitrogen and oxygen atoms in total. The highest BCUT2D eigenvalue weighted by Crippen LogP contribution is 2.26. The third-order valence-electron chi connectivity index (χ3n) is 2.68. The lowest BCUT2D eigenvalue weighted by atomic mass is 10.2. The first-order chi connectivity index (χ1) is 9.24. The van der Waals surface area contributed by atoms with Gasteiger partial charge < -0.3 is 4.42 Å². The Morgan fingerprint density at radius 3 is 2.89 bits per heavy atom. The second-order valence-electron chi connectivity index (χ2n) is 3.99. The van der Waals surface area contributed by atoms with Gasteiger partial charge in [0.1, 0.15) is 0 Å². The Bertz CT molecular complexity index is 588. The highest BCUT2D eigenvalue weighted by atomic mass is 79.9. The van der Waals surface area contributed by atoms with Crippen LogP contribution < -0.4 is 5.32 Å². The number of nitrogens with zero attached hydrogens (tertiary/aromatic N) is 2. The zero-order chi connectivity index (χ0) is 13.7. The van der Waals surface area contributed by atoms with E-state index in [2.05, 4.69) is 37.4 Å². The summed E-state index contributed by atoms with van der Waals surface area (Å²) in [6.45, 7) is 2.50. The van der Waals surface area contributed by atoms with E-state index in [1.165, 1.54) is 0 Å². The molecule has 0 radical (unpaired) electrons. The maximum Gasteiger partial charge on any atom is 0.248 e. The highest BCUT2D eigenvalue weighted by molar-refractivity contribution is 9.10. The van der Waals surface area contributed by atoms with Crippen LogP contribution in [0.25, 0.3) is 11.5 Å². The van der Waals surface area contributed by atoms with Gasteiger partial charge in [-0.25, -0.2) is 0 Å². The zero-order valence-corrected chi connectivity index (χ0v) is 12.1. The summed E-state index contributed by atoms with van der Waals surface area (Å²) in [6, 6.07) is 7.74. The van der Waals surface area contributed by atoms with Crippen LogP contribution in [0.3, 0.4) is 0 Å². The number of halogens is 1. The molecule has 0 aliphatic heterocycles. The molecule has 19 heavy (non-hydrogen) atoms. The lowest BCUT2D eigenvalue weighted by Crippen LogP contribution is -2.26. The molecule has 0 fully saturated rings. The van der Waals surface area contributed by atoms with Crippen LogP contribution in [0.1, 0.15) is 19.2 Å². The lowest BCUT2D eigenvalue weighted by molar-refractivity contribution is 0.461. The van der Waals surface area contributed by atoms with Gasteiger partial charge in [-0.3, -0.25) is 5.32 Å². The molecule has 2 rings (SSSR count). The monoisotopic (exact) mass is 319 g/mol. The number of aromatic nitrogens is 2. The summed E-state index contributed by atoms with van der Waals surface area (Å²) < 4.78 is 6.53. The first-order valence-corrected chi connectivity index (χ1v) is 6.80. The van der Waals surface area contributed by atoms with Gasteiger partial charge >= 0.3 is 0 Å². The second kappa shape index (κ2) is 6.50. The maximum atomic E-state index is 5.61. The summed E-state index contributed by atoms with van der Waals surface area (Å²) in [5.41, 5.74) is 0.880. The number of nitrogens with one attached hydrogen (secondary N) is 1. The summed E-state index contributed by atoms with van der Waals surface area (Å²) in [4.78, 5) is 0. The van der Waals surface area contributed by atoms with Crippen molar-refractivity contribution < 1.29 is 4.42 Å². The van der Waals surface area contributed by atoms with Crippen molar-refractivity contribution in [3.63, 3.8) is 0 Å². The van der Waals surface area contributed by atoms with Crippen LogP contribution >= 0.6 is 15.9 Å².